The molecule has 0 aliphatic carbocycles. The van der Waals surface area contributed by atoms with Gasteiger partial charge in [0.15, 0.2) is 0 Å². The molecular formula is C14H17BrFNO. The van der Waals surface area contributed by atoms with Gasteiger partial charge >= 0.3 is 0 Å². The molecule has 1 aromatic rings. The van der Waals surface area contributed by atoms with Crippen LogP contribution in [0.5, 0.6) is 0 Å². The standard InChI is InChI=1S/C14H17BrFNO/c1-13(2)12-14(3,4-5-18-12)8-6-9(15)10(16)7-11(8)17-13/h6-7,12,17H,4-5H2,1-3H3. The lowest BCUT2D eigenvalue weighted by molar-refractivity contribution is 0.0352. The number of ether oxygens (including phenoxy) is 1. The van der Waals surface area contributed by atoms with E-state index in [1.54, 1.807) is 6.07 Å². The highest BCUT2D eigenvalue weighted by molar-refractivity contribution is 9.10. The van der Waals surface area contributed by atoms with E-state index in [9.17, 15) is 4.39 Å². The monoisotopic (exact) mass is 313 g/mol. The first-order valence-electron chi connectivity index (χ1n) is 6.24. The van der Waals surface area contributed by atoms with Crippen LogP contribution < -0.4 is 5.32 Å². The number of hydrogen-bond acceptors (Lipinski definition) is 2. The summed E-state index contributed by atoms with van der Waals surface area (Å²) in [5.74, 6) is -0.224. The topological polar surface area (TPSA) is 21.3 Å². The molecule has 2 heterocycles. The van der Waals surface area contributed by atoms with E-state index in [0.29, 0.717) is 4.47 Å². The van der Waals surface area contributed by atoms with Crippen molar-refractivity contribution in [1.29, 1.82) is 0 Å². The molecule has 1 fully saturated rings. The summed E-state index contributed by atoms with van der Waals surface area (Å²) in [6.45, 7) is 7.21. The van der Waals surface area contributed by atoms with Gasteiger partial charge in [0.25, 0.3) is 0 Å². The van der Waals surface area contributed by atoms with Crippen molar-refractivity contribution in [2.75, 3.05) is 11.9 Å². The molecule has 2 aliphatic heterocycles. The predicted molar refractivity (Wildman–Crippen MR) is 73.5 cm³/mol. The molecule has 2 unspecified atom stereocenters. The average Bonchev–Trinajstić information content (AvgIpc) is 2.66. The Hall–Kier alpha value is -0.610. The van der Waals surface area contributed by atoms with Crippen molar-refractivity contribution in [2.24, 2.45) is 0 Å². The van der Waals surface area contributed by atoms with Gasteiger partial charge in [-0.15, -0.1) is 0 Å². The molecule has 0 radical (unpaired) electrons. The van der Waals surface area contributed by atoms with Crippen molar-refractivity contribution >= 4 is 21.6 Å². The number of fused-ring (bicyclic) bond motifs is 3. The maximum atomic E-state index is 13.7. The second-order valence-corrected chi connectivity index (χ2v) is 6.93. The number of anilines is 1. The lowest BCUT2D eigenvalue weighted by atomic mass is 9.67. The summed E-state index contributed by atoms with van der Waals surface area (Å²) in [5.41, 5.74) is 1.82. The summed E-state index contributed by atoms with van der Waals surface area (Å²) in [4.78, 5) is 0. The molecule has 4 heteroatoms. The van der Waals surface area contributed by atoms with Crippen molar-refractivity contribution in [3.63, 3.8) is 0 Å². The van der Waals surface area contributed by atoms with Crippen LogP contribution in [-0.4, -0.2) is 18.2 Å². The molecule has 1 aromatic carbocycles. The van der Waals surface area contributed by atoms with Gasteiger partial charge in [0.2, 0.25) is 0 Å². The largest absolute Gasteiger partial charge is 0.377 e. The van der Waals surface area contributed by atoms with E-state index in [-0.39, 0.29) is 22.9 Å². The summed E-state index contributed by atoms with van der Waals surface area (Å²) in [6.07, 6.45) is 1.10. The zero-order chi connectivity index (χ0) is 13.1. The van der Waals surface area contributed by atoms with E-state index in [2.05, 4.69) is 42.0 Å². The molecule has 2 nitrogen and oxygen atoms in total. The fourth-order valence-corrected chi connectivity index (χ4v) is 3.86. The Labute approximate surface area is 115 Å². The van der Waals surface area contributed by atoms with E-state index in [1.807, 2.05) is 6.07 Å². The van der Waals surface area contributed by atoms with Crippen LogP contribution in [0.25, 0.3) is 0 Å². The minimum absolute atomic E-state index is 0.0414. The van der Waals surface area contributed by atoms with E-state index in [0.717, 1.165) is 24.3 Å². The number of nitrogens with one attached hydrogen (secondary N) is 1. The van der Waals surface area contributed by atoms with Crippen LogP contribution in [0.2, 0.25) is 0 Å². The fraction of sp³-hybridized carbons (Fsp3) is 0.571. The third-order valence-electron chi connectivity index (χ3n) is 4.27. The van der Waals surface area contributed by atoms with Gasteiger partial charge in [-0.2, -0.15) is 0 Å². The summed E-state index contributed by atoms with van der Waals surface area (Å²) in [5, 5.41) is 3.42. The Morgan fingerprint density at radius 1 is 1.39 bits per heavy atom. The molecule has 0 aromatic heterocycles. The number of hydrogen-bond donors (Lipinski definition) is 1. The third-order valence-corrected chi connectivity index (χ3v) is 4.88. The van der Waals surface area contributed by atoms with Gasteiger partial charge in [0, 0.05) is 17.7 Å². The van der Waals surface area contributed by atoms with Crippen molar-refractivity contribution in [2.45, 2.75) is 44.2 Å². The van der Waals surface area contributed by atoms with Crippen molar-refractivity contribution in [1.82, 2.24) is 0 Å². The van der Waals surface area contributed by atoms with Crippen LogP contribution in [-0.2, 0) is 10.2 Å². The number of halogens is 2. The first-order valence-corrected chi connectivity index (χ1v) is 7.03. The normalized spacial score (nSPS) is 32.6. The van der Waals surface area contributed by atoms with Crippen molar-refractivity contribution < 1.29 is 9.13 Å². The molecule has 0 spiro atoms. The van der Waals surface area contributed by atoms with Gasteiger partial charge in [-0.1, -0.05) is 6.92 Å². The van der Waals surface area contributed by atoms with E-state index >= 15 is 0 Å². The van der Waals surface area contributed by atoms with Crippen molar-refractivity contribution in [3.05, 3.63) is 28.0 Å². The van der Waals surface area contributed by atoms with Crippen LogP contribution in [0, 0.1) is 5.82 Å². The Morgan fingerprint density at radius 3 is 2.83 bits per heavy atom. The quantitative estimate of drug-likeness (QED) is 0.785. The molecule has 1 N–H and O–H groups in total. The minimum atomic E-state index is -0.224. The Bertz CT molecular complexity index is 517. The first kappa shape index (κ1) is 12.4. The maximum Gasteiger partial charge on any atom is 0.139 e. The smallest absolute Gasteiger partial charge is 0.139 e. The Balaban J connectivity index is 2.23. The second-order valence-electron chi connectivity index (χ2n) is 6.08. The van der Waals surface area contributed by atoms with Crippen LogP contribution in [0.3, 0.4) is 0 Å². The highest BCUT2D eigenvalue weighted by atomic mass is 79.9. The summed E-state index contributed by atoms with van der Waals surface area (Å²) < 4.78 is 20.2. The number of rotatable bonds is 0. The lowest BCUT2D eigenvalue weighted by Gasteiger charge is -2.48. The molecular weight excluding hydrogens is 297 g/mol. The second kappa shape index (κ2) is 3.70. The van der Waals surface area contributed by atoms with Gasteiger partial charge in [0.1, 0.15) is 5.82 Å². The molecule has 3 rings (SSSR count). The van der Waals surface area contributed by atoms with E-state index in [4.69, 9.17) is 4.74 Å². The van der Waals surface area contributed by atoms with Crippen LogP contribution >= 0.6 is 15.9 Å². The van der Waals surface area contributed by atoms with Crippen LogP contribution in [0.4, 0.5) is 10.1 Å². The lowest BCUT2D eigenvalue weighted by Crippen LogP contribution is -2.56. The maximum absolute atomic E-state index is 13.7. The van der Waals surface area contributed by atoms with Gasteiger partial charge in [-0.3, -0.25) is 0 Å². The van der Waals surface area contributed by atoms with E-state index < -0.39 is 0 Å². The summed E-state index contributed by atoms with van der Waals surface area (Å²) in [7, 11) is 0. The summed E-state index contributed by atoms with van der Waals surface area (Å²) in [6, 6.07) is 3.48. The van der Waals surface area contributed by atoms with Gasteiger partial charge in [0.05, 0.1) is 16.1 Å². The van der Waals surface area contributed by atoms with Gasteiger partial charge in [-0.05, 0) is 53.9 Å². The van der Waals surface area contributed by atoms with Gasteiger partial charge < -0.3 is 10.1 Å². The molecule has 0 bridgehead atoms. The molecule has 98 valence electrons. The molecule has 2 aliphatic rings. The SMILES string of the molecule is CC1(C)Nc2cc(F)c(Br)cc2C2(C)CCOC12. The Kier molecular flexibility index (Phi) is 2.55. The number of benzene rings is 1. The zero-order valence-electron chi connectivity index (χ0n) is 10.8. The van der Waals surface area contributed by atoms with Crippen LogP contribution in [0.15, 0.2) is 16.6 Å². The van der Waals surface area contributed by atoms with Crippen molar-refractivity contribution in [3.8, 4) is 0 Å². The van der Waals surface area contributed by atoms with E-state index in [1.165, 1.54) is 0 Å². The molecule has 0 amide bonds. The molecule has 0 saturated carbocycles. The zero-order valence-corrected chi connectivity index (χ0v) is 12.4. The van der Waals surface area contributed by atoms with Crippen LogP contribution in [0.1, 0.15) is 32.8 Å². The predicted octanol–water partition coefficient (Wildman–Crippen LogP) is 3.84. The average molecular weight is 314 g/mol. The molecule has 1 saturated heterocycles. The third kappa shape index (κ3) is 1.55. The minimum Gasteiger partial charge on any atom is -0.377 e. The fourth-order valence-electron chi connectivity index (χ4n) is 3.52. The summed E-state index contributed by atoms with van der Waals surface area (Å²) >= 11 is 3.28. The first-order chi connectivity index (χ1) is 8.34. The highest BCUT2D eigenvalue weighted by Crippen LogP contribution is 2.50. The Morgan fingerprint density at radius 2 is 2.11 bits per heavy atom. The van der Waals surface area contributed by atoms with Gasteiger partial charge in [-0.25, -0.2) is 4.39 Å². The molecule has 2 atom stereocenters. The molecule has 18 heavy (non-hydrogen) atoms. The highest BCUT2D eigenvalue weighted by Gasteiger charge is 2.53.